The fourth-order valence-electron chi connectivity index (χ4n) is 4.01. The molecule has 35 heavy (non-hydrogen) atoms. The summed E-state index contributed by atoms with van der Waals surface area (Å²) in [5.74, 6) is 0. The minimum Gasteiger partial charge on any atom is -0.379 e. The summed E-state index contributed by atoms with van der Waals surface area (Å²) in [6.45, 7) is 6.12. The molecule has 8 nitrogen and oxygen atoms in total. The molecule has 0 amide bonds. The predicted octanol–water partition coefficient (Wildman–Crippen LogP) is 3.11. The standard InChI is InChI=1S/C25H29N5O3S2/c1-19-15-22(18-27-28-25(34)26-17-21-7-4-3-5-8-21)20(2)30(19)23-9-6-10-24(16-23)35(31,32)29-11-13-33-14-12-29/h3-10,15-16,18H,11-14,17H2,1-2H3,(H2,26,28,34)/b27-18+. The summed E-state index contributed by atoms with van der Waals surface area (Å²) >= 11 is 5.30. The monoisotopic (exact) mass is 511 g/mol. The molecule has 0 aliphatic carbocycles. The smallest absolute Gasteiger partial charge is 0.243 e. The Morgan fingerprint density at radius 2 is 1.83 bits per heavy atom. The lowest BCUT2D eigenvalue weighted by Gasteiger charge is -2.26. The van der Waals surface area contributed by atoms with Crippen molar-refractivity contribution in [3.05, 3.63) is 83.2 Å². The molecule has 1 fully saturated rings. The van der Waals surface area contributed by atoms with Gasteiger partial charge in [-0.1, -0.05) is 36.4 Å². The third-order valence-corrected chi connectivity index (χ3v) is 7.95. The van der Waals surface area contributed by atoms with Gasteiger partial charge in [0, 0.05) is 42.3 Å². The molecule has 0 spiro atoms. The first kappa shape index (κ1) is 25.1. The number of ether oxygens (including phenoxy) is 1. The van der Waals surface area contributed by atoms with Gasteiger partial charge >= 0.3 is 0 Å². The fraction of sp³-hybridized carbons (Fsp3) is 0.280. The van der Waals surface area contributed by atoms with Crippen LogP contribution in [0.25, 0.3) is 5.69 Å². The molecule has 1 aliphatic rings. The minimum absolute atomic E-state index is 0.274. The van der Waals surface area contributed by atoms with Crippen LogP contribution in [-0.4, -0.2) is 54.9 Å². The van der Waals surface area contributed by atoms with Crippen molar-refractivity contribution in [3.63, 3.8) is 0 Å². The average Bonchev–Trinajstić information content (AvgIpc) is 3.16. The van der Waals surface area contributed by atoms with E-state index in [1.165, 1.54) is 4.31 Å². The molecule has 10 heteroatoms. The largest absolute Gasteiger partial charge is 0.379 e. The van der Waals surface area contributed by atoms with Gasteiger partial charge in [0.15, 0.2) is 5.11 Å². The summed E-state index contributed by atoms with van der Waals surface area (Å²) in [4.78, 5) is 0.274. The highest BCUT2D eigenvalue weighted by atomic mass is 32.2. The van der Waals surface area contributed by atoms with E-state index in [1.807, 2.05) is 60.9 Å². The van der Waals surface area contributed by atoms with Crippen molar-refractivity contribution in [1.82, 2.24) is 19.6 Å². The van der Waals surface area contributed by atoms with Gasteiger partial charge in [-0.3, -0.25) is 5.43 Å². The van der Waals surface area contributed by atoms with Gasteiger partial charge in [-0.05, 0) is 55.9 Å². The first-order chi connectivity index (χ1) is 16.9. The van der Waals surface area contributed by atoms with Crippen LogP contribution in [0.5, 0.6) is 0 Å². The molecular formula is C25H29N5O3S2. The fourth-order valence-corrected chi connectivity index (χ4v) is 5.59. The lowest BCUT2D eigenvalue weighted by molar-refractivity contribution is 0.0730. The summed E-state index contributed by atoms with van der Waals surface area (Å²) in [6, 6.07) is 19.0. The Bertz CT molecular complexity index is 1310. The Morgan fingerprint density at radius 3 is 2.57 bits per heavy atom. The molecule has 1 saturated heterocycles. The summed E-state index contributed by atoms with van der Waals surface area (Å²) in [5, 5.41) is 7.83. The lowest BCUT2D eigenvalue weighted by atomic mass is 10.2. The van der Waals surface area contributed by atoms with Crippen LogP contribution in [0.4, 0.5) is 0 Å². The second-order valence-corrected chi connectivity index (χ2v) is 10.6. The van der Waals surface area contributed by atoms with Crippen LogP contribution < -0.4 is 10.7 Å². The minimum atomic E-state index is -3.58. The van der Waals surface area contributed by atoms with Gasteiger partial charge in [0.25, 0.3) is 0 Å². The molecule has 1 aromatic heterocycles. The van der Waals surface area contributed by atoms with Gasteiger partial charge in [0.1, 0.15) is 0 Å². The SMILES string of the molecule is Cc1cc(/C=N/NC(=S)NCc2ccccc2)c(C)n1-c1cccc(S(=O)(=O)N2CCOCC2)c1. The van der Waals surface area contributed by atoms with Crippen LogP contribution in [0.2, 0.25) is 0 Å². The van der Waals surface area contributed by atoms with E-state index >= 15 is 0 Å². The number of nitrogens with zero attached hydrogens (tertiary/aromatic N) is 3. The van der Waals surface area contributed by atoms with Crippen molar-refractivity contribution >= 4 is 33.6 Å². The van der Waals surface area contributed by atoms with Crippen molar-refractivity contribution in [1.29, 1.82) is 0 Å². The van der Waals surface area contributed by atoms with Crippen molar-refractivity contribution in [2.24, 2.45) is 5.10 Å². The summed E-state index contributed by atoms with van der Waals surface area (Å²) in [5.41, 5.74) is 7.57. The number of aromatic nitrogens is 1. The van der Waals surface area contributed by atoms with Crippen LogP contribution in [0, 0.1) is 13.8 Å². The van der Waals surface area contributed by atoms with Crippen LogP contribution >= 0.6 is 12.2 Å². The van der Waals surface area contributed by atoms with Crippen LogP contribution in [0.15, 0.2) is 70.7 Å². The number of aryl methyl sites for hydroxylation is 1. The molecule has 0 unspecified atom stereocenters. The van der Waals surface area contributed by atoms with E-state index in [-0.39, 0.29) is 4.90 Å². The topological polar surface area (TPSA) is 88.0 Å². The molecule has 1 aliphatic heterocycles. The molecule has 0 radical (unpaired) electrons. The van der Waals surface area contributed by atoms with E-state index in [1.54, 1.807) is 24.4 Å². The lowest BCUT2D eigenvalue weighted by Crippen LogP contribution is -2.40. The van der Waals surface area contributed by atoms with Gasteiger partial charge in [0.05, 0.1) is 24.3 Å². The Balaban J connectivity index is 1.47. The molecular weight excluding hydrogens is 482 g/mol. The molecule has 0 saturated carbocycles. The summed E-state index contributed by atoms with van der Waals surface area (Å²) < 4.78 is 35.0. The van der Waals surface area contributed by atoms with E-state index in [4.69, 9.17) is 17.0 Å². The maximum Gasteiger partial charge on any atom is 0.243 e. The second kappa shape index (κ2) is 11.1. The molecule has 0 bridgehead atoms. The Labute approximate surface area is 211 Å². The number of hydrogen-bond donors (Lipinski definition) is 2. The van der Waals surface area contributed by atoms with Crippen molar-refractivity contribution in [2.75, 3.05) is 26.3 Å². The van der Waals surface area contributed by atoms with Gasteiger partial charge in [0.2, 0.25) is 10.0 Å². The van der Waals surface area contributed by atoms with Gasteiger partial charge in [-0.25, -0.2) is 8.42 Å². The van der Waals surface area contributed by atoms with Gasteiger partial charge in [-0.2, -0.15) is 9.41 Å². The van der Waals surface area contributed by atoms with E-state index in [0.717, 1.165) is 28.2 Å². The van der Waals surface area contributed by atoms with E-state index in [9.17, 15) is 8.42 Å². The van der Waals surface area contributed by atoms with Crippen molar-refractivity contribution in [3.8, 4) is 5.69 Å². The van der Waals surface area contributed by atoms with Gasteiger partial charge in [-0.15, -0.1) is 0 Å². The summed E-state index contributed by atoms with van der Waals surface area (Å²) in [6.07, 6.45) is 1.71. The normalized spacial score (nSPS) is 14.8. The first-order valence-corrected chi connectivity index (χ1v) is 13.2. The summed E-state index contributed by atoms with van der Waals surface area (Å²) in [7, 11) is -3.58. The van der Waals surface area contributed by atoms with E-state index < -0.39 is 10.0 Å². The highest BCUT2D eigenvalue weighted by Gasteiger charge is 2.26. The number of thiocarbonyl (C=S) groups is 1. The zero-order chi connectivity index (χ0) is 24.8. The highest BCUT2D eigenvalue weighted by Crippen LogP contribution is 2.24. The van der Waals surface area contributed by atoms with E-state index in [0.29, 0.717) is 38.0 Å². The quantitative estimate of drug-likeness (QED) is 0.288. The Hall–Kier alpha value is -3.05. The number of hydrazone groups is 1. The van der Waals surface area contributed by atoms with Crippen LogP contribution in [0.1, 0.15) is 22.5 Å². The molecule has 2 aromatic carbocycles. The maximum absolute atomic E-state index is 13.1. The molecule has 4 rings (SSSR count). The zero-order valence-electron chi connectivity index (χ0n) is 19.8. The number of benzene rings is 2. The molecule has 2 heterocycles. The number of sulfonamides is 1. The molecule has 2 N–H and O–H groups in total. The Kier molecular flexibility index (Phi) is 7.97. The highest BCUT2D eigenvalue weighted by molar-refractivity contribution is 7.89. The molecule has 3 aromatic rings. The third-order valence-electron chi connectivity index (χ3n) is 5.82. The zero-order valence-corrected chi connectivity index (χ0v) is 21.4. The molecule has 0 atom stereocenters. The first-order valence-electron chi connectivity index (χ1n) is 11.3. The number of morpholine rings is 1. The third kappa shape index (κ3) is 5.96. The van der Waals surface area contributed by atoms with Crippen molar-refractivity contribution in [2.45, 2.75) is 25.3 Å². The second-order valence-electron chi connectivity index (χ2n) is 8.21. The average molecular weight is 512 g/mol. The Morgan fingerprint density at radius 1 is 1.09 bits per heavy atom. The number of hydrogen-bond acceptors (Lipinski definition) is 5. The van der Waals surface area contributed by atoms with Crippen LogP contribution in [-0.2, 0) is 21.3 Å². The maximum atomic E-state index is 13.1. The van der Waals surface area contributed by atoms with E-state index in [2.05, 4.69) is 15.8 Å². The van der Waals surface area contributed by atoms with Gasteiger partial charge < -0.3 is 14.6 Å². The van der Waals surface area contributed by atoms with Crippen molar-refractivity contribution < 1.29 is 13.2 Å². The predicted molar refractivity (Wildman–Crippen MR) is 141 cm³/mol. The molecule has 184 valence electrons. The number of rotatable bonds is 7. The van der Waals surface area contributed by atoms with Crippen LogP contribution in [0.3, 0.4) is 0 Å². The number of nitrogens with one attached hydrogen (secondary N) is 2.